The van der Waals surface area contributed by atoms with E-state index in [9.17, 15) is 14.4 Å². The monoisotopic (exact) mass is 388 g/mol. The zero-order valence-electron chi connectivity index (χ0n) is 16.9. The van der Waals surface area contributed by atoms with Crippen LogP contribution in [0.2, 0.25) is 0 Å². The molecule has 2 N–H and O–H groups in total. The number of hydrogen-bond acceptors (Lipinski definition) is 6. The van der Waals surface area contributed by atoms with Crippen molar-refractivity contribution in [3.63, 3.8) is 0 Å². The lowest BCUT2D eigenvalue weighted by atomic mass is 9.98. The van der Waals surface area contributed by atoms with Crippen LogP contribution in [0.5, 0.6) is 0 Å². The Labute approximate surface area is 164 Å². The normalized spacial score (nSPS) is 11.5. The maximum Gasteiger partial charge on any atom is 0.346 e. The van der Waals surface area contributed by atoms with Gasteiger partial charge < -0.3 is 19.8 Å². The third-order valence-electron chi connectivity index (χ3n) is 4.37. The zero-order valence-corrected chi connectivity index (χ0v) is 16.9. The molecule has 0 unspecified atom stereocenters. The fraction of sp³-hybridized carbons (Fsp3) is 0.476. The number of pyridine rings is 1. The molecule has 0 saturated carbocycles. The van der Waals surface area contributed by atoms with Gasteiger partial charge in [0.25, 0.3) is 0 Å². The van der Waals surface area contributed by atoms with Crippen molar-refractivity contribution in [2.45, 2.75) is 47.1 Å². The van der Waals surface area contributed by atoms with Crippen molar-refractivity contribution in [2.75, 3.05) is 13.3 Å². The number of nitrogens with two attached hydrogens (primary N) is 1. The summed E-state index contributed by atoms with van der Waals surface area (Å²) in [5.74, 6) is -1.31. The minimum Gasteiger partial charge on any atom is -0.427 e. The Kier molecular flexibility index (Phi) is 6.96. The van der Waals surface area contributed by atoms with Crippen molar-refractivity contribution in [1.82, 2.24) is 4.57 Å². The van der Waals surface area contributed by atoms with E-state index in [1.165, 1.54) is 6.20 Å². The second-order valence-corrected chi connectivity index (χ2v) is 7.63. The van der Waals surface area contributed by atoms with Gasteiger partial charge in [-0.1, -0.05) is 6.07 Å². The van der Waals surface area contributed by atoms with E-state index in [2.05, 4.69) is 0 Å². The Hall–Kier alpha value is -2.67. The standard InChI is InChI=1S/C21H28N2O5/c1-5-23-12-16(19(25)27-13-28-20(26)21(2,3)4)18(24)15-11-14(7-6-10-22)8-9-17(15)23/h8-9,11-12H,5-7,10,13,22H2,1-4H3. The molecule has 28 heavy (non-hydrogen) atoms. The maximum absolute atomic E-state index is 12.9. The van der Waals surface area contributed by atoms with Crippen molar-refractivity contribution in [3.8, 4) is 0 Å². The molecule has 7 nitrogen and oxygen atoms in total. The van der Waals surface area contributed by atoms with Gasteiger partial charge in [0.05, 0.1) is 10.9 Å². The number of nitrogens with zero attached hydrogens (tertiary/aromatic N) is 1. The van der Waals surface area contributed by atoms with E-state index < -0.39 is 29.6 Å². The Morgan fingerprint density at radius 2 is 1.89 bits per heavy atom. The van der Waals surface area contributed by atoms with Crippen LogP contribution in [0.25, 0.3) is 10.9 Å². The van der Waals surface area contributed by atoms with Crippen LogP contribution < -0.4 is 11.2 Å². The number of fused-ring (bicyclic) bond motifs is 1. The Morgan fingerprint density at radius 3 is 2.50 bits per heavy atom. The predicted molar refractivity (Wildman–Crippen MR) is 107 cm³/mol. The fourth-order valence-corrected chi connectivity index (χ4v) is 2.74. The largest absolute Gasteiger partial charge is 0.427 e. The van der Waals surface area contributed by atoms with E-state index in [1.54, 1.807) is 26.8 Å². The molecular formula is C21H28N2O5. The lowest BCUT2D eigenvalue weighted by molar-refractivity contribution is -0.161. The molecule has 1 aromatic carbocycles. The van der Waals surface area contributed by atoms with Gasteiger partial charge in [0.1, 0.15) is 5.56 Å². The molecule has 7 heteroatoms. The Balaban J connectivity index is 2.30. The zero-order chi connectivity index (χ0) is 20.9. The molecule has 0 bridgehead atoms. The summed E-state index contributed by atoms with van der Waals surface area (Å²) in [6, 6.07) is 5.65. The number of carbonyl (C=O) groups excluding carboxylic acids is 2. The van der Waals surface area contributed by atoms with Gasteiger partial charge >= 0.3 is 11.9 Å². The molecule has 0 spiro atoms. The summed E-state index contributed by atoms with van der Waals surface area (Å²) in [6.45, 7) is 7.63. The molecule has 0 amide bonds. The molecule has 1 aromatic heterocycles. The van der Waals surface area contributed by atoms with Crippen molar-refractivity contribution in [3.05, 3.63) is 45.7 Å². The third kappa shape index (κ3) is 4.98. The Bertz CT molecular complexity index is 925. The van der Waals surface area contributed by atoms with Crippen LogP contribution in [0.3, 0.4) is 0 Å². The number of hydrogen-bond donors (Lipinski definition) is 1. The molecule has 0 radical (unpaired) electrons. The highest BCUT2D eigenvalue weighted by molar-refractivity contribution is 5.94. The van der Waals surface area contributed by atoms with Crippen LogP contribution in [0.1, 0.15) is 50.0 Å². The lowest BCUT2D eigenvalue weighted by Crippen LogP contribution is -2.26. The van der Waals surface area contributed by atoms with Crippen LogP contribution in [0, 0.1) is 5.41 Å². The predicted octanol–water partition coefficient (Wildman–Crippen LogP) is 2.62. The number of rotatable bonds is 7. The van der Waals surface area contributed by atoms with Crippen molar-refractivity contribution >= 4 is 22.8 Å². The molecule has 0 aliphatic carbocycles. The third-order valence-corrected chi connectivity index (χ3v) is 4.37. The molecule has 2 aromatic rings. The lowest BCUT2D eigenvalue weighted by Gasteiger charge is -2.16. The fourth-order valence-electron chi connectivity index (χ4n) is 2.74. The summed E-state index contributed by atoms with van der Waals surface area (Å²) in [5.41, 5.74) is 6.11. The van der Waals surface area contributed by atoms with Gasteiger partial charge in [0, 0.05) is 18.1 Å². The minimum absolute atomic E-state index is 0.0860. The van der Waals surface area contributed by atoms with E-state index in [1.807, 2.05) is 23.6 Å². The molecule has 0 atom stereocenters. The Morgan fingerprint density at radius 1 is 1.18 bits per heavy atom. The van der Waals surface area contributed by atoms with E-state index in [-0.39, 0.29) is 5.56 Å². The molecule has 1 heterocycles. The van der Waals surface area contributed by atoms with Gasteiger partial charge in [-0.15, -0.1) is 0 Å². The number of esters is 2. The smallest absolute Gasteiger partial charge is 0.346 e. The highest BCUT2D eigenvalue weighted by Gasteiger charge is 2.24. The average Bonchev–Trinajstić information content (AvgIpc) is 2.65. The van der Waals surface area contributed by atoms with E-state index in [0.29, 0.717) is 18.5 Å². The van der Waals surface area contributed by atoms with Crippen molar-refractivity contribution < 1.29 is 19.1 Å². The first-order chi connectivity index (χ1) is 13.2. The quantitative estimate of drug-likeness (QED) is 0.578. The number of benzene rings is 1. The van der Waals surface area contributed by atoms with E-state index in [0.717, 1.165) is 23.9 Å². The van der Waals surface area contributed by atoms with Gasteiger partial charge in [-0.2, -0.15) is 0 Å². The maximum atomic E-state index is 12.9. The highest BCUT2D eigenvalue weighted by atomic mass is 16.7. The van der Waals surface area contributed by atoms with Gasteiger partial charge in [-0.25, -0.2) is 4.79 Å². The first kappa shape index (κ1) is 21.6. The van der Waals surface area contributed by atoms with Gasteiger partial charge in [0.15, 0.2) is 0 Å². The molecular weight excluding hydrogens is 360 g/mol. The molecule has 0 aliphatic rings. The first-order valence-electron chi connectivity index (χ1n) is 9.39. The number of aromatic nitrogens is 1. The van der Waals surface area contributed by atoms with Crippen LogP contribution in [0.4, 0.5) is 0 Å². The minimum atomic E-state index is -0.817. The van der Waals surface area contributed by atoms with E-state index in [4.69, 9.17) is 15.2 Å². The summed E-state index contributed by atoms with van der Waals surface area (Å²) in [6.07, 6.45) is 3.06. The van der Waals surface area contributed by atoms with Crippen LogP contribution >= 0.6 is 0 Å². The summed E-state index contributed by atoms with van der Waals surface area (Å²) >= 11 is 0. The molecule has 2 rings (SSSR count). The van der Waals surface area contributed by atoms with Crippen LogP contribution in [-0.2, 0) is 27.2 Å². The molecule has 152 valence electrons. The summed E-state index contributed by atoms with van der Waals surface area (Å²) < 4.78 is 11.8. The van der Waals surface area contributed by atoms with Gasteiger partial charge in [-0.05, 0) is 64.8 Å². The summed E-state index contributed by atoms with van der Waals surface area (Å²) in [7, 11) is 0. The second-order valence-electron chi connectivity index (χ2n) is 7.63. The van der Waals surface area contributed by atoms with Crippen molar-refractivity contribution in [1.29, 1.82) is 0 Å². The van der Waals surface area contributed by atoms with Gasteiger partial charge in [-0.3, -0.25) is 9.59 Å². The molecule has 0 saturated heterocycles. The topological polar surface area (TPSA) is 101 Å². The van der Waals surface area contributed by atoms with E-state index >= 15 is 0 Å². The van der Waals surface area contributed by atoms with Crippen LogP contribution in [0.15, 0.2) is 29.2 Å². The number of ether oxygens (including phenoxy) is 2. The summed E-state index contributed by atoms with van der Waals surface area (Å²) in [5, 5.41) is 0.456. The molecule has 0 aliphatic heterocycles. The number of aryl methyl sites for hydroxylation is 2. The molecule has 0 fully saturated rings. The van der Waals surface area contributed by atoms with Crippen molar-refractivity contribution in [2.24, 2.45) is 11.1 Å². The SMILES string of the molecule is CCn1cc(C(=O)OCOC(=O)C(C)(C)C)c(=O)c2cc(CCCN)ccc21. The highest BCUT2D eigenvalue weighted by Crippen LogP contribution is 2.17. The summed E-state index contributed by atoms with van der Waals surface area (Å²) in [4.78, 5) is 37.1. The second kappa shape index (κ2) is 9.01. The van der Waals surface area contributed by atoms with Gasteiger partial charge in [0.2, 0.25) is 12.2 Å². The number of carbonyl (C=O) groups is 2. The first-order valence-corrected chi connectivity index (χ1v) is 9.39. The van der Waals surface area contributed by atoms with Crippen LogP contribution in [-0.4, -0.2) is 29.8 Å². The average molecular weight is 388 g/mol.